The molecule has 5 rings (SSSR count). The van der Waals surface area contributed by atoms with Crippen LogP contribution in [-0.4, -0.2) is 46.1 Å². The molecule has 172 valence electrons. The maximum absolute atomic E-state index is 15.0. The summed E-state index contributed by atoms with van der Waals surface area (Å²) in [6.45, 7) is 6.94. The van der Waals surface area contributed by atoms with Crippen molar-refractivity contribution in [3.8, 4) is 17.0 Å². The lowest BCUT2D eigenvalue weighted by atomic mass is 10.1. The topological polar surface area (TPSA) is 54.4 Å². The van der Waals surface area contributed by atoms with Crippen LogP contribution in [0.3, 0.4) is 0 Å². The lowest BCUT2D eigenvalue weighted by Crippen LogP contribution is -2.39. The standard InChI is InChI=1S/C25H27F2N5O/c1-4-15(2)32-7-8-33-25-19(26)9-17(10-22(25)32)24-20(27)12-28-23(30-24)11-18-6-5-16-13-31(3)14-21(16)29-18/h5-6,9-10,12,15H,4,7-8,11,13-14H2,1-3H3. The van der Waals surface area contributed by atoms with E-state index in [0.717, 1.165) is 37.1 Å². The fourth-order valence-electron chi connectivity index (χ4n) is 4.53. The number of anilines is 1. The molecule has 0 amide bonds. The van der Waals surface area contributed by atoms with E-state index in [0.29, 0.717) is 36.6 Å². The highest BCUT2D eigenvalue weighted by molar-refractivity contribution is 5.72. The third kappa shape index (κ3) is 4.15. The molecule has 4 heterocycles. The molecule has 2 aromatic heterocycles. The van der Waals surface area contributed by atoms with Gasteiger partial charge in [-0.25, -0.2) is 18.7 Å². The smallest absolute Gasteiger partial charge is 0.178 e. The molecule has 0 saturated heterocycles. The molecule has 2 aliphatic heterocycles. The fourth-order valence-corrected chi connectivity index (χ4v) is 4.53. The van der Waals surface area contributed by atoms with Gasteiger partial charge in [-0.05, 0) is 44.2 Å². The monoisotopic (exact) mass is 451 g/mol. The van der Waals surface area contributed by atoms with Crippen molar-refractivity contribution in [3.05, 3.63) is 64.9 Å². The number of fused-ring (bicyclic) bond motifs is 2. The zero-order valence-electron chi connectivity index (χ0n) is 19.1. The molecular formula is C25H27F2N5O. The van der Waals surface area contributed by atoms with E-state index in [-0.39, 0.29) is 17.5 Å². The summed E-state index contributed by atoms with van der Waals surface area (Å²) in [5.74, 6) is -0.446. The number of rotatable bonds is 5. The van der Waals surface area contributed by atoms with E-state index in [9.17, 15) is 8.78 Å². The van der Waals surface area contributed by atoms with Gasteiger partial charge in [0.05, 0.1) is 30.5 Å². The minimum Gasteiger partial charge on any atom is -0.486 e. The average Bonchev–Trinajstić information content (AvgIpc) is 3.18. The molecular weight excluding hydrogens is 424 g/mol. The summed E-state index contributed by atoms with van der Waals surface area (Å²) in [5.41, 5.74) is 4.19. The number of halogens is 2. The maximum Gasteiger partial charge on any atom is 0.178 e. The maximum atomic E-state index is 15.0. The second-order valence-electron chi connectivity index (χ2n) is 8.85. The molecule has 33 heavy (non-hydrogen) atoms. The molecule has 0 aliphatic carbocycles. The third-order valence-electron chi connectivity index (χ3n) is 6.43. The highest BCUT2D eigenvalue weighted by Crippen LogP contribution is 2.39. The van der Waals surface area contributed by atoms with Crippen LogP contribution in [0, 0.1) is 11.6 Å². The molecule has 0 N–H and O–H groups in total. The van der Waals surface area contributed by atoms with Crippen LogP contribution in [0.4, 0.5) is 14.5 Å². The Labute approximate surface area is 192 Å². The van der Waals surface area contributed by atoms with Gasteiger partial charge in [-0.2, -0.15) is 0 Å². The molecule has 3 aromatic rings. The summed E-state index contributed by atoms with van der Waals surface area (Å²) in [4.78, 5) is 17.7. The Hall–Kier alpha value is -3.13. The highest BCUT2D eigenvalue weighted by Gasteiger charge is 2.26. The Bertz CT molecular complexity index is 1200. The van der Waals surface area contributed by atoms with Crippen molar-refractivity contribution >= 4 is 5.69 Å². The number of pyridine rings is 1. The third-order valence-corrected chi connectivity index (χ3v) is 6.43. The summed E-state index contributed by atoms with van der Waals surface area (Å²) in [7, 11) is 2.06. The van der Waals surface area contributed by atoms with Crippen LogP contribution in [0.5, 0.6) is 5.75 Å². The Kier molecular flexibility index (Phi) is 5.70. The van der Waals surface area contributed by atoms with E-state index in [1.807, 2.05) is 6.07 Å². The van der Waals surface area contributed by atoms with Crippen LogP contribution in [-0.2, 0) is 19.5 Å². The van der Waals surface area contributed by atoms with E-state index in [4.69, 9.17) is 9.72 Å². The van der Waals surface area contributed by atoms with Gasteiger partial charge in [-0.3, -0.25) is 9.88 Å². The first kappa shape index (κ1) is 21.7. The summed E-state index contributed by atoms with van der Waals surface area (Å²) in [6.07, 6.45) is 2.43. The zero-order chi connectivity index (χ0) is 23.1. The van der Waals surface area contributed by atoms with E-state index in [2.05, 4.69) is 46.7 Å². The van der Waals surface area contributed by atoms with Crippen LogP contribution < -0.4 is 9.64 Å². The Morgan fingerprint density at radius 3 is 2.79 bits per heavy atom. The van der Waals surface area contributed by atoms with Crippen LogP contribution in [0.1, 0.15) is 43.0 Å². The van der Waals surface area contributed by atoms with Gasteiger partial charge >= 0.3 is 0 Å². The number of benzene rings is 1. The van der Waals surface area contributed by atoms with Gasteiger partial charge in [-0.15, -0.1) is 0 Å². The van der Waals surface area contributed by atoms with Crippen LogP contribution in [0.15, 0.2) is 30.5 Å². The van der Waals surface area contributed by atoms with Gasteiger partial charge in [0.15, 0.2) is 17.4 Å². The van der Waals surface area contributed by atoms with Gasteiger partial charge in [0, 0.05) is 30.4 Å². The second-order valence-corrected chi connectivity index (χ2v) is 8.85. The SMILES string of the molecule is CCC(C)N1CCOc2c(F)cc(-c3nc(Cc4ccc5c(n4)CN(C)C5)ncc3F)cc21. The summed E-state index contributed by atoms with van der Waals surface area (Å²) in [5, 5.41) is 0. The fraction of sp³-hybridized carbons (Fsp3) is 0.400. The highest BCUT2D eigenvalue weighted by atomic mass is 19.1. The summed E-state index contributed by atoms with van der Waals surface area (Å²) in [6, 6.07) is 7.30. The summed E-state index contributed by atoms with van der Waals surface area (Å²) < 4.78 is 35.3. The molecule has 6 nitrogen and oxygen atoms in total. The first-order chi connectivity index (χ1) is 15.9. The average molecular weight is 452 g/mol. The molecule has 2 aliphatic rings. The van der Waals surface area contributed by atoms with E-state index >= 15 is 0 Å². The van der Waals surface area contributed by atoms with Crippen molar-refractivity contribution in [2.75, 3.05) is 25.1 Å². The lowest BCUT2D eigenvalue weighted by Gasteiger charge is -2.36. The minimum absolute atomic E-state index is 0.0808. The predicted octanol–water partition coefficient (Wildman–Crippen LogP) is 4.35. The number of hydrogen-bond acceptors (Lipinski definition) is 6. The Morgan fingerprint density at radius 2 is 1.97 bits per heavy atom. The number of aromatic nitrogens is 3. The van der Waals surface area contributed by atoms with Crippen LogP contribution >= 0.6 is 0 Å². The molecule has 1 atom stereocenters. The van der Waals surface area contributed by atoms with Gasteiger partial charge in [0.1, 0.15) is 18.1 Å². The largest absolute Gasteiger partial charge is 0.486 e. The minimum atomic E-state index is -0.589. The predicted molar refractivity (Wildman–Crippen MR) is 122 cm³/mol. The molecule has 0 radical (unpaired) electrons. The van der Waals surface area contributed by atoms with Crippen molar-refractivity contribution in [2.24, 2.45) is 0 Å². The quantitative estimate of drug-likeness (QED) is 0.575. The molecule has 0 bridgehead atoms. The van der Waals surface area contributed by atoms with Gasteiger partial charge < -0.3 is 9.64 Å². The second kappa shape index (κ2) is 8.67. The number of hydrogen-bond donors (Lipinski definition) is 0. The number of nitrogens with zero attached hydrogens (tertiary/aromatic N) is 5. The molecule has 0 fully saturated rings. The van der Waals surface area contributed by atoms with Gasteiger partial charge in [0.25, 0.3) is 0 Å². The van der Waals surface area contributed by atoms with E-state index in [1.165, 1.54) is 11.6 Å². The van der Waals surface area contributed by atoms with Gasteiger partial charge in [0.2, 0.25) is 0 Å². The lowest BCUT2D eigenvalue weighted by molar-refractivity contribution is 0.285. The Morgan fingerprint density at radius 1 is 1.12 bits per heavy atom. The number of ether oxygens (including phenoxy) is 1. The molecule has 1 aromatic carbocycles. The molecule has 0 saturated carbocycles. The van der Waals surface area contributed by atoms with E-state index in [1.54, 1.807) is 6.07 Å². The van der Waals surface area contributed by atoms with Crippen molar-refractivity contribution in [1.29, 1.82) is 0 Å². The Balaban J connectivity index is 1.49. The normalized spacial score (nSPS) is 16.3. The zero-order valence-corrected chi connectivity index (χ0v) is 19.1. The first-order valence-electron chi connectivity index (χ1n) is 11.3. The summed E-state index contributed by atoms with van der Waals surface area (Å²) >= 11 is 0. The van der Waals surface area contributed by atoms with Crippen molar-refractivity contribution in [1.82, 2.24) is 19.9 Å². The molecule has 8 heteroatoms. The van der Waals surface area contributed by atoms with Crippen molar-refractivity contribution in [2.45, 2.75) is 45.8 Å². The first-order valence-corrected chi connectivity index (χ1v) is 11.3. The molecule has 1 unspecified atom stereocenters. The van der Waals surface area contributed by atoms with Crippen molar-refractivity contribution in [3.63, 3.8) is 0 Å². The van der Waals surface area contributed by atoms with E-state index < -0.39 is 11.6 Å². The molecule has 0 spiro atoms. The van der Waals surface area contributed by atoms with Crippen molar-refractivity contribution < 1.29 is 13.5 Å². The van der Waals surface area contributed by atoms with Gasteiger partial charge in [-0.1, -0.05) is 13.0 Å². The van der Waals surface area contributed by atoms with Crippen LogP contribution in [0.25, 0.3) is 11.3 Å². The van der Waals surface area contributed by atoms with Crippen LogP contribution in [0.2, 0.25) is 0 Å².